The van der Waals surface area contributed by atoms with Gasteiger partial charge in [-0.25, -0.2) is 9.67 Å². The van der Waals surface area contributed by atoms with E-state index in [2.05, 4.69) is 30.7 Å². The van der Waals surface area contributed by atoms with E-state index in [1.165, 1.54) is 0 Å². The van der Waals surface area contributed by atoms with Gasteiger partial charge in [-0.2, -0.15) is 5.10 Å². The Kier molecular flexibility index (Phi) is 5.48. The molecule has 0 aliphatic heterocycles. The first-order valence-corrected chi connectivity index (χ1v) is 12.6. The topological polar surface area (TPSA) is 49.2 Å². The molecule has 0 fully saturated rings. The largest absolute Gasteiger partial charge is 0.496 e. The zero-order valence-electron chi connectivity index (χ0n) is 16.2. The average molecular weight is 367 g/mol. The summed E-state index contributed by atoms with van der Waals surface area (Å²) in [5.74, 6) is 0.806. The van der Waals surface area contributed by atoms with Crippen molar-refractivity contribution in [1.29, 1.82) is 0 Å². The Morgan fingerprint density at radius 1 is 1.19 bits per heavy atom. The highest BCUT2D eigenvalue weighted by molar-refractivity contribution is 6.76. The molecule has 0 amide bonds. The molecule has 0 N–H and O–H groups in total. The number of pyridine rings is 1. The molecular weight excluding hydrogens is 341 g/mol. The Morgan fingerprint density at radius 3 is 2.69 bits per heavy atom. The normalized spacial score (nSPS) is 11.8. The Labute approximate surface area is 156 Å². The molecule has 2 heterocycles. The number of ether oxygens (including phenoxy) is 2. The molecule has 0 atom stereocenters. The number of benzene rings is 1. The standard InChI is InChI=1S/C19H26BN3O2Si/c1-24-17-8-6-5-7-15(17)18-16-11-14(20)12-21-19(16)23(22-18)13-25-9-10-26(2,3)4/h5-8,11-12H,9-10,13,20H2,1-4H3. The fraction of sp³-hybridized carbons (Fsp3) is 0.368. The van der Waals surface area contributed by atoms with E-state index >= 15 is 0 Å². The lowest BCUT2D eigenvalue weighted by atomic mass is 9.96. The van der Waals surface area contributed by atoms with Crippen LogP contribution in [0, 0.1) is 0 Å². The van der Waals surface area contributed by atoms with Crippen LogP contribution in [0.5, 0.6) is 5.75 Å². The number of para-hydroxylation sites is 1. The third-order valence-corrected chi connectivity index (χ3v) is 6.00. The van der Waals surface area contributed by atoms with Crippen LogP contribution in [0.3, 0.4) is 0 Å². The molecule has 0 bridgehead atoms. The Morgan fingerprint density at radius 2 is 1.96 bits per heavy atom. The van der Waals surface area contributed by atoms with Gasteiger partial charge in [-0.1, -0.05) is 43.3 Å². The van der Waals surface area contributed by atoms with Crippen molar-refractivity contribution in [2.45, 2.75) is 32.4 Å². The number of hydrogen-bond acceptors (Lipinski definition) is 4. The summed E-state index contributed by atoms with van der Waals surface area (Å²) in [6, 6.07) is 11.2. The van der Waals surface area contributed by atoms with E-state index in [9.17, 15) is 0 Å². The molecule has 3 rings (SSSR count). The molecule has 0 unspecified atom stereocenters. The van der Waals surface area contributed by atoms with Crippen LogP contribution in [-0.2, 0) is 11.5 Å². The summed E-state index contributed by atoms with van der Waals surface area (Å²) < 4.78 is 13.3. The smallest absolute Gasteiger partial charge is 0.160 e. The van der Waals surface area contributed by atoms with Crippen molar-refractivity contribution in [3.8, 4) is 17.0 Å². The summed E-state index contributed by atoms with van der Waals surface area (Å²) in [5, 5.41) is 5.82. The third kappa shape index (κ3) is 4.16. The molecule has 0 aliphatic carbocycles. The van der Waals surface area contributed by atoms with Crippen LogP contribution in [0.4, 0.5) is 0 Å². The highest BCUT2D eigenvalue weighted by Gasteiger charge is 2.17. The summed E-state index contributed by atoms with van der Waals surface area (Å²) >= 11 is 0. The minimum absolute atomic E-state index is 0.409. The summed E-state index contributed by atoms with van der Waals surface area (Å²) in [6.45, 7) is 8.22. The van der Waals surface area contributed by atoms with E-state index in [-0.39, 0.29) is 0 Å². The second-order valence-corrected chi connectivity index (χ2v) is 13.4. The molecule has 136 valence electrons. The van der Waals surface area contributed by atoms with Crippen molar-refractivity contribution in [3.63, 3.8) is 0 Å². The van der Waals surface area contributed by atoms with Gasteiger partial charge in [0, 0.05) is 31.8 Å². The van der Waals surface area contributed by atoms with Gasteiger partial charge in [-0.05, 0) is 18.2 Å². The lowest BCUT2D eigenvalue weighted by Crippen LogP contribution is -2.22. The fourth-order valence-electron chi connectivity index (χ4n) is 2.82. The van der Waals surface area contributed by atoms with Crippen LogP contribution in [0.1, 0.15) is 0 Å². The lowest BCUT2D eigenvalue weighted by molar-refractivity contribution is 0.0814. The molecule has 0 aliphatic rings. The van der Waals surface area contributed by atoms with E-state index < -0.39 is 8.07 Å². The van der Waals surface area contributed by atoms with Crippen LogP contribution >= 0.6 is 0 Å². The van der Waals surface area contributed by atoms with Crippen molar-refractivity contribution >= 4 is 32.4 Å². The van der Waals surface area contributed by atoms with Crippen molar-refractivity contribution in [2.75, 3.05) is 13.7 Å². The first kappa shape index (κ1) is 18.7. The van der Waals surface area contributed by atoms with Crippen LogP contribution < -0.4 is 10.2 Å². The predicted octanol–water partition coefficient (Wildman–Crippen LogP) is 2.68. The van der Waals surface area contributed by atoms with Gasteiger partial charge in [0.05, 0.1) is 7.11 Å². The number of rotatable bonds is 7. The molecule has 1 aromatic carbocycles. The van der Waals surface area contributed by atoms with Crippen molar-refractivity contribution in [3.05, 3.63) is 36.5 Å². The number of methoxy groups -OCH3 is 1. The number of nitrogens with zero attached hydrogens (tertiary/aromatic N) is 3. The molecule has 0 radical (unpaired) electrons. The van der Waals surface area contributed by atoms with Gasteiger partial charge in [0.25, 0.3) is 0 Å². The van der Waals surface area contributed by atoms with E-state index in [1.807, 2.05) is 43.0 Å². The first-order valence-electron chi connectivity index (χ1n) is 8.93. The number of hydrogen-bond donors (Lipinski definition) is 0. The van der Waals surface area contributed by atoms with E-state index in [0.29, 0.717) is 6.73 Å². The first-order chi connectivity index (χ1) is 12.4. The van der Waals surface area contributed by atoms with Gasteiger partial charge < -0.3 is 9.47 Å². The van der Waals surface area contributed by atoms with Gasteiger partial charge in [0.1, 0.15) is 26.0 Å². The highest BCUT2D eigenvalue weighted by Crippen LogP contribution is 2.33. The highest BCUT2D eigenvalue weighted by atomic mass is 28.3. The van der Waals surface area contributed by atoms with Gasteiger partial charge in [-0.3, -0.25) is 0 Å². The molecule has 0 spiro atoms. The van der Waals surface area contributed by atoms with Gasteiger partial charge >= 0.3 is 0 Å². The van der Waals surface area contributed by atoms with Crippen LogP contribution in [0.2, 0.25) is 25.7 Å². The molecule has 0 saturated carbocycles. The monoisotopic (exact) mass is 367 g/mol. The summed E-state index contributed by atoms with van der Waals surface area (Å²) in [5.41, 5.74) is 3.79. The SMILES string of the molecule is Bc1cnc2c(c1)c(-c1ccccc1OC)nn2COCC[Si](C)(C)C. The number of fused-ring (bicyclic) bond motifs is 1. The molecule has 5 nitrogen and oxygen atoms in total. The fourth-order valence-corrected chi connectivity index (χ4v) is 3.58. The minimum Gasteiger partial charge on any atom is -0.496 e. The second-order valence-electron chi connectivity index (χ2n) is 7.78. The molecule has 3 aromatic rings. The van der Waals surface area contributed by atoms with E-state index in [1.54, 1.807) is 7.11 Å². The van der Waals surface area contributed by atoms with Gasteiger partial charge in [0.15, 0.2) is 5.65 Å². The maximum atomic E-state index is 5.90. The van der Waals surface area contributed by atoms with E-state index in [4.69, 9.17) is 14.6 Å². The third-order valence-electron chi connectivity index (χ3n) is 4.30. The maximum absolute atomic E-state index is 5.90. The maximum Gasteiger partial charge on any atom is 0.160 e. The molecular formula is C19H26BN3O2Si. The van der Waals surface area contributed by atoms with Crippen LogP contribution in [-0.4, -0.2) is 44.4 Å². The molecule has 0 saturated heterocycles. The average Bonchev–Trinajstić information content (AvgIpc) is 2.95. The van der Waals surface area contributed by atoms with Gasteiger partial charge in [0.2, 0.25) is 0 Å². The zero-order valence-corrected chi connectivity index (χ0v) is 17.2. The molecule has 2 aromatic heterocycles. The summed E-state index contributed by atoms with van der Waals surface area (Å²) in [4.78, 5) is 4.60. The molecule has 7 heteroatoms. The van der Waals surface area contributed by atoms with Crippen molar-refractivity contribution < 1.29 is 9.47 Å². The second kappa shape index (κ2) is 7.63. The zero-order chi connectivity index (χ0) is 18.7. The summed E-state index contributed by atoms with van der Waals surface area (Å²) in [6.07, 6.45) is 1.87. The Balaban J connectivity index is 1.96. The van der Waals surface area contributed by atoms with E-state index in [0.717, 1.165) is 46.2 Å². The van der Waals surface area contributed by atoms with Crippen molar-refractivity contribution in [1.82, 2.24) is 14.8 Å². The van der Waals surface area contributed by atoms with Crippen molar-refractivity contribution in [2.24, 2.45) is 0 Å². The summed E-state index contributed by atoms with van der Waals surface area (Å²) in [7, 11) is 2.62. The van der Waals surface area contributed by atoms with Crippen LogP contribution in [0.25, 0.3) is 22.3 Å². The van der Waals surface area contributed by atoms with Crippen LogP contribution in [0.15, 0.2) is 36.5 Å². The lowest BCUT2D eigenvalue weighted by Gasteiger charge is -2.15. The van der Waals surface area contributed by atoms with Gasteiger partial charge in [-0.15, -0.1) is 0 Å². The Bertz CT molecular complexity index is 905. The number of aromatic nitrogens is 3. The molecule has 26 heavy (non-hydrogen) atoms. The quantitative estimate of drug-likeness (QED) is 0.476. The Hall–Kier alpha value is -2.12. The predicted molar refractivity (Wildman–Crippen MR) is 112 cm³/mol. The minimum atomic E-state index is -1.10.